The summed E-state index contributed by atoms with van der Waals surface area (Å²) in [5, 5.41) is 0. The van der Waals surface area contributed by atoms with E-state index in [1.54, 1.807) is 12.1 Å². The van der Waals surface area contributed by atoms with Crippen LogP contribution in [0.5, 0.6) is 0 Å². The third-order valence-corrected chi connectivity index (χ3v) is 4.16. The Balaban J connectivity index is 2.13. The first kappa shape index (κ1) is 15.4. The molecule has 0 amide bonds. The number of piperidine rings is 1. The Morgan fingerprint density at radius 3 is 2.90 bits per heavy atom. The molecule has 1 aromatic carbocycles. The van der Waals surface area contributed by atoms with Crippen LogP contribution >= 0.6 is 12.2 Å². The van der Waals surface area contributed by atoms with Gasteiger partial charge in [0.15, 0.2) is 0 Å². The Morgan fingerprint density at radius 1 is 1.50 bits per heavy atom. The maximum atomic E-state index is 13.5. The number of nitrogens with two attached hydrogens (primary N) is 1. The van der Waals surface area contributed by atoms with Gasteiger partial charge in [-0.05, 0) is 57.2 Å². The molecule has 1 saturated heterocycles. The van der Waals surface area contributed by atoms with Crippen molar-refractivity contribution in [1.29, 1.82) is 0 Å². The molecule has 1 atom stereocenters. The second-order valence-corrected chi connectivity index (χ2v) is 6.10. The van der Waals surface area contributed by atoms with E-state index >= 15 is 0 Å². The number of nitrogens with zero attached hydrogens (tertiary/aromatic N) is 2. The third-order valence-electron chi connectivity index (χ3n) is 3.94. The predicted octanol–water partition coefficient (Wildman–Crippen LogP) is 1.99. The average Bonchev–Trinajstić information content (AvgIpc) is 2.38. The fraction of sp³-hybridized carbons (Fsp3) is 0.533. The molecule has 110 valence electrons. The lowest BCUT2D eigenvalue weighted by molar-refractivity contribution is 0.128. The molecule has 0 aromatic heterocycles. The summed E-state index contributed by atoms with van der Waals surface area (Å²) in [5.74, 6) is -0.235. The van der Waals surface area contributed by atoms with E-state index in [9.17, 15) is 4.39 Å². The average molecular weight is 295 g/mol. The fourth-order valence-electron chi connectivity index (χ4n) is 2.77. The Kier molecular flexibility index (Phi) is 5.07. The van der Waals surface area contributed by atoms with E-state index in [1.165, 1.54) is 18.9 Å². The summed E-state index contributed by atoms with van der Waals surface area (Å²) in [6.07, 6.45) is 2.38. The summed E-state index contributed by atoms with van der Waals surface area (Å²) >= 11 is 5.05. The molecule has 1 heterocycles. The van der Waals surface area contributed by atoms with Crippen molar-refractivity contribution in [2.24, 2.45) is 5.73 Å². The van der Waals surface area contributed by atoms with Gasteiger partial charge in [0.1, 0.15) is 10.8 Å². The highest BCUT2D eigenvalue weighted by atomic mass is 32.1. The number of halogens is 1. The highest BCUT2D eigenvalue weighted by Crippen LogP contribution is 2.19. The Bertz CT molecular complexity index is 490. The molecular formula is C15H22FN3S. The highest BCUT2D eigenvalue weighted by Gasteiger charge is 2.22. The Hall–Kier alpha value is -1.04. The van der Waals surface area contributed by atoms with Gasteiger partial charge in [0, 0.05) is 24.7 Å². The monoisotopic (exact) mass is 295 g/mol. The summed E-state index contributed by atoms with van der Waals surface area (Å²) in [6, 6.07) is 5.20. The molecule has 1 fully saturated rings. The predicted molar refractivity (Wildman–Crippen MR) is 84.3 cm³/mol. The first-order valence-corrected chi connectivity index (χ1v) is 7.35. The lowest BCUT2D eigenvalue weighted by Crippen LogP contribution is -2.44. The van der Waals surface area contributed by atoms with Crippen LogP contribution in [0.25, 0.3) is 0 Å². The van der Waals surface area contributed by atoms with Crippen molar-refractivity contribution in [2.75, 3.05) is 27.2 Å². The van der Waals surface area contributed by atoms with Gasteiger partial charge >= 0.3 is 0 Å². The van der Waals surface area contributed by atoms with Gasteiger partial charge in [0.2, 0.25) is 0 Å². The van der Waals surface area contributed by atoms with Gasteiger partial charge in [-0.3, -0.25) is 4.90 Å². The van der Waals surface area contributed by atoms with E-state index in [0.717, 1.165) is 24.2 Å². The molecule has 0 bridgehead atoms. The normalized spacial score (nSPS) is 20.3. The molecule has 1 aromatic rings. The maximum Gasteiger partial charge on any atom is 0.123 e. The Morgan fingerprint density at radius 2 is 2.25 bits per heavy atom. The van der Waals surface area contributed by atoms with Gasteiger partial charge in [0.25, 0.3) is 0 Å². The zero-order chi connectivity index (χ0) is 14.7. The number of hydrogen-bond acceptors (Lipinski definition) is 3. The molecule has 0 radical (unpaired) electrons. The zero-order valence-electron chi connectivity index (χ0n) is 12.1. The van der Waals surface area contributed by atoms with E-state index in [4.69, 9.17) is 18.0 Å². The molecule has 2 N–H and O–H groups in total. The molecule has 0 aliphatic carbocycles. The van der Waals surface area contributed by atoms with Crippen molar-refractivity contribution >= 4 is 17.2 Å². The molecule has 20 heavy (non-hydrogen) atoms. The number of benzene rings is 1. The van der Waals surface area contributed by atoms with Crippen LogP contribution in [0.4, 0.5) is 4.39 Å². The molecule has 0 spiro atoms. The number of rotatable bonds is 4. The lowest BCUT2D eigenvalue weighted by Gasteiger charge is -2.36. The standard InChI is InChI=1S/C15H22FN3S/c1-18(2)13-4-3-7-19(10-13)9-11-8-12(16)5-6-14(11)15(17)20/h5-6,8,13H,3-4,7,9-10H2,1-2H3,(H2,17,20). The van der Waals surface area contributed by atoms with Crippen molar-refractivity contribution in [2.45, 2.75) is 25.4 Å². The van der Waals surface area contributed by atoms with Crippen LogP contribution in [0, 0.1) is 5.82 Å². The smallest absolute Gasteiger partial charge is 0.123 e. The Labute approximate surface area is 125 Å². The molecule has 0 saturated carbocycles. The molecular weight excluding hydrogens is 273 g/mol. The number of hydrogen-bond donors (Lipinski definition) is 1. The van der Waals surface area contributed by atoms with Crippen molar-refractivity contribution in [3.63, 3.8) is 0 Å². The van der Waals surface area contributed by atoms with Crippen LogP contribution in [-0.4, -0.2) is 48.0 Å². The summed E-state index contributed by atoms with van der Waals surface area (Å²) in [4.78, 5) is 4.94. The summed E-state index contributed by atoms with van der Waals surface area (Å²) in [6.45, 7) is 2.74. The number of likely N-dealkylation sites (tertiary alicyclic amines) is 1. The van der Waals surface area contributed by atoms with Crippen LogP contribution in [0.15, 0.2) is 18.2 Å². The van der Waals surface area contributed by atoms with Crippen molar-refractivity contribution in [1.82, 2.24) is 9.80 Å². The molecule has 5 heteroatoms. The van der Waals surface area contributed by atoms with E-state index in [2.05, 4.69) is 23.9 Å². The fourth-order valence-corrected chi connectivity index (χ4v) is 2.97. The van der Waals surface area contributed by atoms with E-state index in [1.807, 2.05) is 0 Å². The SMILES string of the molecule is CN(C)C1CCCN(Cc2cc(F)ccc2C(N)=S)C1. The topological polar surface area (TPSA) is 32.5 Å². The van der Waals surface area contributed by atoms with Gasteiger partial charge in [-0.15, -0.1) is 0 Å². The van der Waals surface area contributed by atoms with Crippen molar-refractivity contribution < 1.29 is 4.39 Å². The lowest BCUT2D eigenvalue weighted by atomic mass is 10.0. The third kappa shape index (κ3) is 3.75. The highest BCUT2D eigenvalue weighted by molar-refractivity contribution is 7.80. The first-order valence-electron chi connectivity index (χ1n) is 6.94. The molecule has 1 unspecified atom stereocenters. The van der Waals surface area contributed by atoms with Gasteiger partial charge in [-0.1, -0.05) is 12.2 Å². The van der Waals surface area contributed by atoms with E-state index in [-0.39, 0.29) is 5.82 Å². The summed E-state index contributed by atoms with van der Waals surface area (Å²) in [7, 11) is 4.22. The van der Waals surface area contributed by atoms with Crippen LogP contribution in [0.2, 0.25) is 0 Å². The van der Waals surface area contributed by atoms with Gasteiger partial charge in [-0.2, -0.15) is 0 Å². The van der Waals surface area contributed by atoms with Gasteiger partial charge in [0.05, 0.1) is 0 Å². The maximum absolute atomic E-state index is 13.5. The largest absolute Gasteiger partial charge is 0.389 e. The van der Waals surface area contributed by atoms with Crippen LogP contribution < -0.4 is 5.73 Å². The summed E-state index contributed by atoms with van der Waals surface area (Å²) in [5.41, 5.74) is 7.40. The van der Waals surface area contributed by atoms with Gasteiger partial charge < -0.3 is 10.6 Å². The number of thiocarbonyl (C=S) groups is 1. The minimum atomic E-state index is -0.235. The van der Waals surface area contributed by atoms with Crippen molar-refractivity contribution in [3.05, 3.63) is 35.1 Å². The zero-order valence-corrected chi connectivity index (χ0v) is 12.9. The number of likely N-dealkylation sites (N-methyl/N-ethyl adjacent to an activating group) is 1. The molecule has 1 aliphatic rings. The van der Waals surface area contributed by atoms with Crippen molar-refractivity contribution in [3.8, 4) is 0 Å². The second-order valence-electron chi connectivity index (χ2n) is 5.66. The second kappa shape index (κ2) is 6.61. The first-order chi connectivity index (χ1) is 9.47. The molecule has 3 nitrogen and oxygen atoms in total. The summed E-state index contributed by atoms with van der Waals surface area (Å²) < 4.78 is 13.5. The molecule has 2 rings (SSSR count). The van der Waals surface area contributed by atoms with E-state index < -0.39 is 0 Å². The van der Waals surface area contributed by atoms with Crippen LogP contribution in [0.1, 0.15) is 24.0 Å². The van der Waals surface area contributed by atoms with Crippen LogP contribution in [-0.2, 0) is 6.54 Å². The quantitative estimate of drug-likeness (QED) is 0.861. The van der Waals surface area contributed by atoms with E-state index in [0.29, 0.717) is 17.6 Å². The minimum Gasteiger partial charge on any atom is -0.389 e. The van der Waals surface area contributed by atoms with Gasteiger partial charge in [-0.25, -0.2) is 4.39 Å². The molecule has 1 aliphatic heterocycles. The minimum absolute atomic E-state index is 0.235. The van der Waals surface area contributed by atoms with Crippen LogP contribution in [0.3, 0.4) is 0 Å².